The van der Waals surface area contributed by atoms with E-state index in [-0.39, 0.29) is 0 Å². The lowest BCUT2D eigenvalue weighted by atomic mass is 9.88. The summed E-state index contributed by atoms with van der Waals surface area (Å²) in [5.74, 6) is 0. The summed E-state index contributed by atoms with van der Waals surface area (Å²) in [5, 5.41) is 9.79. The standard InChI is InChI=1S/C54H35NO/c1-3-14-36(15-4-1)37-26-30-40(31-27-37)55(49-24-11-9-18-42(49)38-16-5-2-6-17-38)41-32-28-39(29-33-41)43-22-13-23-45-47-34-35-51-54(48-21-10-12-25-50(48)56-51)53(47)46-20-8-7-19-44(46)52(43)45/h1-35H. The fourth-order valence-electron chi connectivity index (χ4n) is 8.73. The number of anilines is 3. The number of rotatable bonds is 6. The largest absolute Gasteiger partial charge is 0.456 e. The van der Waals surface area contributed by atoms with Crippen molar-refractivity contribution >= 4 is 71.3 Å². The van der Waals surface area contributed by atoms with Gasteiger partial charge in [0.05, 0.1) is 5.69 Å². The van der Waals surface area contributed by atoms with Gasteiger partial charge in [0.15, 0.2) is 0 Å². The maximum Gasteiger partial charge on any atom is 0.136 e. The maximum atomic E-state index is 6.36. The van der Waals surface area contributed by atoms with Crippen molar-refractivity contribution in [3.63, 3.8) is 0 Å². The van der Waals surface area contributed by atoms with Crippen molar-refractivity contribution < 1.29 is 4.42 Å². The summed E-state index contributed by atoms with van der Waals surface area (Å²) in [5.41, 5.74) is 12.3. The van der Waals surface area contributed by atoms with E-state index in [1.54, 1.807) is 0 Å². The van der Waals surface area contributed by atoms with Crippen molar-refractivity contribution in [2.45, 2.75) is 0 Å². The van der Waals surface area contributed by atoms with Crippen molar-refractivity contribution in [1.29, 1.82) is 0 Å². The highest BCUT2D eigenvalue weighted by Crippen LogP contribution is 2.46. The van der Waals surface area contributed by atoms with E-state index in [2.05, 4.69) is 211 Å². The second-order valence-corrected chi connectivity index (χ2v) is 14.4. The zero-order chi connectivity index (χ0) is 37.0. The molecule has 0 spiro atoms. The molecule has 0 unspecified atom stereocenters. The van der Waals surface area contributed by atoms with Gasteiger partial charge in [0.1, 0.15) is 11.2 Å². The van der Waals surface area contributed by atoms with Crippen molar-refractivity contribution in [3.8, 4) is 33.4 Å². The van der Waals surface area contributed by atoms with Crippen molar-refractivity contribution in [3.05, 3.63) is 212 Å². The van der Waals surface area contributed by atoms with E-state index in [0.29, 0.717) is 0 Å². The summed E-state index contributed by atoms with van der Waals surface area (Å²) in [4.78, 5) is 2.38. The van der Waals surface area contributed by atoms with E-state index >= 15 is 0 Å². The second-order valence-electron chi connectivity index (χ2n) is 14.4. The van der Waals surface area contributed by atoms with E-state index in [1.807, 2.05) is 6.07 Å². The number of hydrogen-bond donors (Lipinski definition) is 0. The van der Waals surface area contributed by atoms with Crippen LogP contribution >= 0.6 is 0 Å². The van der Waals surface area contributed by atoms with Crippen LogP contribution in [-0.4, -0.2) is 0 Å². The Hall–Kier alpha value is -7.42. The van der Waals surface area contributed by atoms with Crippen LogP contribution in [0.3, 0.4) is 0 Å². The zero-order valence-corrected chi connectivity index (χ0v) is 30.6. The van der Waals surface area contributed by atoms with Gasteiger partial charge in [0.2, 0.25) is 0 Å². The summed E-state index contributed by atoms with van der Waals surface area (Å²) >= 11 is 0. The minimum absolute atomic E-state index is 0.917. The minimum atomic E-state index is 0.917. The molecule has 0 amide bonds. The number of nitrogens with zero attached hydrogens (tertiary/aromatic N) is 1. The Balaban J connectivity index is 1.09. The van der Waals surface area contributed by atoms with Crippen LogP contribution in [-0.2, 0) is 0 Å². The molecule has 1 heterocycles. The molecule has 56 heavy (non-hydrogen) atoms. The first-order valence-corrected chi connectivity index (χ1v) is 19.2. The molecule has 262 valence electrons. The van der Waals surface area contributed by atoms with Gasteiger partial charge in [0, 0.05) is 33.1 Å². The Bertz CT molecular complexity index is 3190. The Labute approximate surface area is 325 Å². The van der Waals surface area contributed by atoms with Crippen LogP contribution in [0.25, 0.3) is 87.6 Å². The first-order chi connectivity index (χ1) is 27.8. The summed E-state index contributed by atoms with van der Waals surface area (Å²) in [7, 11) is 0. The molecule has 0 bridgehead atoms. The summed E-state index contributed by atoms with van der Waals surface area (Å²) in [6.07, 6.45) is 0. The Morgan fingerprint density at radius 2 is 0.750 bits per heavy atom. The van der Waals surface area contributed by atoms with Gasteiger partial charge in [-0.05, 0) is 103 Å². The van der Waals surface area contributed by atoms with E-state index < -0.39 is 0 Å². The lowest BCUT2D eigenvalue weighted by Crippen LogP contribution is -2.11. The number of fused-ring (bicyclic) bond motifs is 10. The van der Waals surface area contributed by atoms with Gasteiger partial charge in [-0.25, -0.2) is 0 Å². The summed E-state index contributed by atoms with van der Waals surface area (Å²) < 4.78 is 6.36. The van der Waals surface area contributed by atoms with Crippen LogP contribution < -0.4 is 4.90 Å². The molecule has 1 aromatic heterocycles. The Kier molecular flexibility index (Phi) is 7.53. The second kappa shape index (κ2) is 13.2. The summed E-state index contributed by atoms with van der Waals surface area (Å²) in [6, 6.07) is 76.3. The number of benzene rings is 10. The molecule has 0 atom stereocenters. The predicted octanol–water partition coefficient (Wildman–Crippen LogP) is 15.5. The first-order valence-electron chi connectivity index (χ1n) is 19.2. The smallest absolute Gasteiger partial charge is 0.136 e. The van der Waals surface area contributed by atoms with Gasteiger partial charge in [-0.3, -0.25) is 0 Å². The monoisotopic (exact) mass is 713 g/mol. The third-order valence-corrected chi connectivity index (χ3v) is 11.3. The molecule has 0 fully saturated rings. The molecule has 0 saturated carbocycles. The quantitative estimate of drug-likeness (QED) is 0.160. The van der Waals surface area contributed by atoms with Crippen molar-refractivity contribution in [2.24, 2.45) is 0 Å². The van der Waals surface area contributed by atoms with Gasteiger partial charge in [-0.1, -0.05) is 164 Å². The van der Waals surface area contributed by atoms with Gasteiger partial charge in [-0.2, -0.15) is 0 Å². The highest BCUT2D eigenvalue weighted by atomic mass is 16.3. The number of furan rings is 1. The maximum absolute atomic E-state index is 6.36. The molecule has 11 aromatic rings. The molecule has 0 radical (unpaired) electrons. The molecule has 10 aromatic carbocycles. The normalized spacial score (nSPS) is 11.6. The average molecular weight is 714 g/mol. The lowest BCUT2D eigenvalue weighted by molar-refractivity contribution is 0.669. The van der Waals surface area contributed by atoms with Crippen LogP contribution in [0.1, 0.15) is 0 Å². The molecule has 11 rings (SSSR count). The van der Waals surface area contributed by atoms with Crippen LogP contribution in [0.5, 0.6) is 0 Å². The molecule has 0 aliphatic rings. The van der Waals surface area contributed by atoms with E-state index in [4.69, 9.17) is 4.42 Å². The predicted molar refractivity (Wildman–Crippen MR) is 237 cm³/mol. The van der Waals surface area contributed by atoms with E-state index in [1.165, 1.54) is 71.1 Å². The Morgan fingerprint density at radius 1 is 0.268 bits per heavy atom. The third kappa shape index (κ3) is 5.19. The summed E-state index contributed by atoms with van der Waals surface area (Å²) in [6.45, 7) is 0. The van der Waals surface area contributed by atoms with Crippen molar-refractivity contribution in [1.82, 2.24) is 0 Å². The van der Waals surface area contributed by atoms with Crippen molar-refractivity contribution in [2.75, 3.05) is 4.90 Å². The Morgan fingerprint density at radius 3 is 1.46 bits per heavy atom. The van der Waals surface area contributed by atoms with Gasteiger partial charge in [0.25, 0.3) is 0 Å². The molecule has 0 saturated heterocycles. The van der Waals surface area contributed by atoms with Gasteiger partial charge in [-0.15, -0.1) is 0 Å². The highest BCUT2D eigenvalue weighted by molar-refractivity contribution is 6.36. The fourth-order valence-corrected chi connectivity index (χ4v) is 8.73. The SMILES string of the molecule is c1ccc(-c2ccc(N(c3ccc(-c4cccc5c6ccc7oc8ccccc8c7c6c6ccccc6c45)cc3)c3ccccc3-c3ccccc3)cc2)cc1. The van der Waals surface area contributed by atoms with Crippen LogP contribution in [0, 0.1) is 0 Å². The molecular formula is C54H35NO. The highest BCUT2D eigenvalue weighted by Gasteiger charge is 2.20. The topological polar surface area (TPSA) is 16.4 Å². The molecule has 0 aliphatic carbocycles. The van der Waals surface area contributed by atoms with Gasteiger partial charge >= 0.3 is 0 Å². The number of hydrogen-bond acceptors (Lipinski definition) is 2. The van der Waals surface area contributed by atoms with E-state index in [9.17, 15) is 0 Å². The molecule has 2 nitrogen and oxygen atoms in total. The minimum Gasteiger partial charge on any atom is -0.456 e. The van der Waals surface area contributed by atoms with E-state index in [0.717, 1.165) is 33.6 Å². The zero-order valence-electron chi connectivity index (χ0n) is 30.6. The van der Waals surface area contributed by atoms with Crippen LogP contribution in [0.2, 0.25) is 0 Å². The fraction of sp³-hybridized carbons (Fsp3) is 0. The van der Waals surface area contributed by atoms with Gasteiger partial charge < -0.3 is 9.32 Å². The molecule has 2 heteroatoms. The average Bonchev–Trinajstić information content (AvgIpc) is 3.67. The lowest BCUT2D eigenvalue weighted by Gasteiger charge is -2.28. The molecule has 0 N–H and O–H groups in total. The third-order valence-electron chi connectivity index (χ3n) is 11.3. The number of para-hydroxylation sites is 2. The molecular weight excluding hydrogens is 679 g/mol. The van der Waals surface area contributed by atoms with Crippen LogP contribution in [0.4, 0.5) is 17.1 Å². The molecule has 0 aliphatic heterocycles. The van der Waals surface area contributed by atoms with Crippen LogP contribution in [0.15, 0.2) is 217 Å². The first kappa shape index (κ1) is 32.0.